The fraction of sp³-hybridized carbons (Fsp3) is 0.375. The summed E-state index contributed by atoms with van der Waals surface area (Å²) in [5.41, 5.74) is 8.18. The van der Waals surface area contributed by atoms with Crippen molar-refractivity contribution in [3.05, 3.63) is 77.6 Å². The Bertz CT molecular complexity index is 1680. The summed E-state index contributed by atoms with van der Waals surface area (Å²) < 4.78 is 10.1. The molecule has 40 heavy (non-hydrogen) atoms. The highest BCUT2D eigenvalue weighted by Gasteiger charge is 2.31. The first-order valence-corrected chi connectivity index (χ1v) is 14.3. The second-order valence-corrected chi connectivity index (χ2v) is 11.2. The van der Waals surface area contributed by atoms with Crippen LogP contribution in [0.25, 0.3) is 33.2 Å². The van der Waals surface area contributed by atoms with Crippen LogP contribution in [0.5, 0.6) is 0 Å². The molecule has 1 amide bonds. The number of pyridine rings is 1. The summed E-state index contributed by atoms with van der Waals surface area (Å²) in [4.78, 5) is 18.1. The third kappa shape index (κ3) is 4.46. The van der Waals surface area contributed by atoms with E-state index < -0.39 is 0 Å². The second-order valence-electron chi connectivity index (χ2n) is 11.2. The summed E-state index contributed by atoms with van der Waals surface area (Å²) in [6.07, 6.45) is 6.39. The average molecular weight is 535 g/mol. The number of nitrogens with zero attached hydrogens (tertiary/aromatic N) is 5. The lowest BCUT2D eigenvalue weighted by molar-refractivity contribution is -0.120. The highest BCUT2D eigenvalue weighted by atomic mass is 16.5. The van der Waals surface area contributed by atoms with Crippen molar-refractivity contribution in [2.24, 2.45) is 13.0 Å². The summed E-state index contributed by atoms with van der Waals surface area (Å²) >= 11 is 0. The molecular formula is C32H34N6O2. The quantitative estimate of drug-likeness (QED) is 0.313. The van der Waals surface area contributed by atoms with Crippen molar-refractivity contribution in [3.63, 3.8) is 0 Å². The van der Waals surface area contributed by atoms with E-state index in [9.17, 15) is 4.79 Å². The number of rotatable bonds is 7. The molecule has 2 aromatic carbocycles. The zero-order valence-electron chi connectivity index (χ0n) is 23.0. The van der Waals surface area contributed by atoms with E-state index in [1.807, 2.05) is 24.9 Å². The summed E-state index contributed by atoms with van der Waals surface area (Å²) in [7, 11) is 1.92. The van der Waals surface area contributed by atoms with Crippen LogP contribution in [0.3, 0.4) is 0 Å². The van der Waals surface area contributed by atoms with Crippen LogP contribution in [0.15, 0.2) is 60.8 Å². The van der Waals surface area contributed by atoms with Crippen molar-refractivity contribution in [3.8, 4) is 11.3 Å². The summed E-state index contributed by atoms with van der Waals surface area (Å²) in [6, 6.07) is 19.8. The lowest BCUT2D eigenvalue weighted by atomic mass is 9.86. The van der Waals surface area contributed by atoms with Crippen molar-refractivity contribution >= 4 is 27.8 Å². The van der Waals surface area contributed by atoms with Crippen molar-refractivity contribution in [2.45, 2.75) is 51.1 Å². The van der Waals surface area contributed by atoms with Gasteiger partial charge < -0.3 is 14.6 Å². The van der Waals surface area contributed by atoms with Gasteiger partial charge in [-0.1, -0.05) is 47.7 Å². The number of aromatic nitrogens is 5. The molecule has 0 unspecified atom stereocenters. The molecule has 2 aliphatic rings. The SMILES string of the molecule is Cc1nnn(C)c1-c1cnc2c3c(CC(=O)NC4CC4)cccc3n([C@H](c3ccccc3)C3CCOCC3)c2c1. The van der Waals surface area contributed by atoms with Gasteiger partial charge in [-0.3, -0.25) is 9.78 Å². The molecule has 1 saturated carbocycles. The lowest BCUT2D eigenvalue weighted by Gasteiger charge is -2.33. The van der Waals surface area contributed by atoms with E-state index in [0.29, 0.717) is 18.4 Å². The Labute approximate surface area is 233 Å². The van der Waals surface area contributed by atoms with E-state index in [2.05, 4.69) is 74.8 Å². The maximum Gasteiger partial charge on any atom is 0.224 e. The Morgan fingerprint density at radius 1 is 1.05 bits per heavy atom. The van der Waals surface area contributed by atoms with Gasteiger partial charge in [0.1, 0.15) is 0 Å². The van der Waals surface area contributed by atoms with Crippen molar-refractivity contribution in [1.82, 2.24) is 29.9 Å². The molecule has 8 heteroatoms. The van der Waals surface area contributed by atoms with Gasteiger partial charge in [-0.05, 0) is 61.8 Å². The number of carbonyl (C=O) groups is 1. The Morgan fingerprint density at radius 2 is 1.85 bits per heavy atom. The van der Waals surface area contributed by atoms with Crippen molar-refractivity contribution in [1.29, 1.82) is 0 Å². The number of amides is 1. The minimum Gasteiger partial charge on any atom is -0.381 e. The van der Waals surface area contributed by atoms with Crippen LogP contribution in [0.1, 0.15) is 48.5 Å². The fourth-order valence-corrected chi connectivity index (χ4v) is 6.45. The molecule has 8 nitrogen and oxygen atoms in total. The minimum atomic E-state index is 0.0770. The molecule has 0 radical (unpaired) electrons. The van der Waals surface area contributed by atoms with Crippen LogP contribution in [0.2, 0.25) is 0 Å². The topological polar surface area (TPSA) is 86.9 Å². The minimum absolute atomic E-state index is 0.0770. The van der Waals surface area contributed by atoms with Gasteiger partial charge in [0.25, 0.3) is 0 Å². The summed E-state index contributed by atoms with van der Waals surface area (Å²) in [5.74, 6) is 0.480. The summed E-state index contributed by atoms with van der Waals surface area (Å²) in [5, 5.41) is 12.8. The molecule has 0 bridgehead atoms. The Hall–Kier alpha value is -4.04. The number of hydrogen-bond acceptors (Lipinski definition) is 5. The number of fused-ring (bicyclic) bond motifs is 3. The molecule has 4 heterocycles. The molecule has 1 saturated heterocycles. The normalized spacial score (nSPS) is 16.9. The second kappa shape index (κ2) is 10.2. The molecule has 7 rings (SSSR count). The Balaban J connectivity index is 1.49. The Morgan fingerprint density at radius 3 is 2.58 bits per heavy atom. The van der Waals surface area contributed by atoms with Crippen LogP contribution in [0.4, 0.5) is 0 Å². The maximum atomic E-state index is 13.0. The maximum absolute atomic E-state index is 13.0. The number of nitrogens with one attached hydrogen (secondary N) is 1. The van der Waals surface area contributed by atoms with Crippen LogP contribution in [-0.2, 0) is 23.0 Å². The van der Waals surface area contributed by atoms with Crippen LogP contribution >= 0.6 is 0 Å². The van der Waals surface area contributed by atoms with E-state index >= 15 is 0 Å². The zero-order valence-corrected chi connectivity index (χ0v) is 23.0. The predicted molar refractivity (Wildman–Crippen MR) is 155 cm³/mol. The highest BCUT2D eigenvalue weighted by molar-refractivity contribution is 6.09. The van der Waals surface area contributed by atoms with Gasteiger partial charge in [0.05, 0.1) is 40.4 Å². The highest BCUT2D eigenvalue weighted by Crippen LogP contribution is 2.42. The number of aryl methyl sites for hydroxylation is 2. The molecular weight excluding hydrogens is 500 g/mol. The van der Waals surface area contributed by atoms with Gasteiger partial charge in [0.15, 0.2) is 0 Å². The van der Waals surface area contributed by atoms with Gasteiger partial charge in [-0.25, -0.2) is 4.68 Å². The first-order valence-electron chi connectivity index (χ1n) is 14.3. The van der Waals surface area contributed by atoms with Gasteiger partial charge >= 0.3 is 0 Å². The molecule has 1 atom stereocenters. The van der Waals surface area contributed by atoms with E-state index in [0.717, 1.165) is 83.3 Å². The van der Waals surface area contributed by atoms with E-state index in [1.165, 1.54) is 5.56 Å². The van der Waals surface area contributed by atoms with Crippen molar-refractivity contribution < 1.29 is 9.53 Å². The van der Waals surface area contributed by atoms with Crippen LogP contribution in [-0.4, -0.2) is 49.7 Å². The average Bonchev–Trinajstić information content (AvgIpc) is 3.64. The summed E-state index contributed by atoms with van der Waals surface area (Å²) in [6.45, 7) is 3.51. The largest absolute Gasteiger partial charge is 0.381 e. The number of benzene rings is 2. The molecule has 1 aliphatic heterocycles. The third-order valence-corrected chi connectivity index (χ3v) is 8.45. The Kier molecular flexibility index (Phi) is 6.35. The van der Waals surface area contributed by atoms with Crippen LogP contribution < -0.4 is 5.32 Å². The smallest absolute Gasteiger partial charge is 0.224 e. The number of carbonyl (C=O) groups excluding carboxylic acids is 1. The van der Waals surface area contributed by atoms with Gasteiger partial charge in [-0.15, -0.1) is 5.10 Å². The lowest BCUT2D eigenvalue weighted by Crippen LogP contribution is -2.27. The van der Waals surface area contributed by atoms with Crippen molar-refractivity contribution in [2.75, 3.05) is 13.2 Å². The molecule has 0 spiro atoms. The van der Waals surface area contributed by atoms with Gasteiger partial charge in [-0.2, -0.15) is 0 Å². The first-order chi connectivity index (χ1) is 19.6. The molecule has 1 aliphatic carbocycles. The standard InChI is InChI=1S/C32H34N6O2/c1-20-31(37(2)36-35-20)24-17-27-30(33-19-24)29-23(18-28(39)34-25-11-12-25)9-6-10-26(29)38(27)32(21-7-4-3-5-8-21)22-13-15-40-16-14-22/h3-10,17,19,22,25,32H,11-16,18H2,1-2H3,(H,34,39)/t32-/m1/s1. The zero-order chi connectivity index (χ0) is 27.2. The monoisotopic (exact) mass is 534 g/mol. The predicted octanol–water partition coefficient (Wildman–Crippen LogP) is 5.13. The van der Waals surface area contributed by atoms with E-state index in [4.69, 9.17) is 9.72 Å². The van der Waals surface area contributed by atoms with E-state index in [-0.39, 0.29) is 11.9 Å². The molecule has 1 N–H and O–H groups in total. The van der Waals surface area contributed by atoms with E-state index in [1.54, 1.807) is 0 Å². The van der Waals surface area contributed by atoms with Gasteiger partial charge in [0.2, 0.25) is 5.91 Å². The first kappa shape index (κ1) is 25.0. The number of hydrogen-bond donors (Lipinski definition) is 1. The molecule has 2 fully saturated rings. The van der Waals surface area contributed by atoms with Gasteiger partial charge in [0, 0.05) is 43.4 Å². The molecule has 204 valence electrons. The van der Waals surface area contributed by atoms with Crippen LogP contribution in [0, 0.1) is 12.8 Å². The fourth-order valence-electron chi connectivity index (χ4n) is 6.45. The molecule has 3 aromatic heterocycles. The molecule has 5 aromatic rings. The number of ether oxygens (including phenoxy) is 1. The third-order valence-electron chi connectivity index (χ3n) is 8.45.